The quantitative estimate of drug-likeness (QED) is 0.481. The lowest BCUT2D eigenvalue weighted by Crippen LogP contribution is -2.05. The zero-order chi connectivity index (χ0) is 8.95. The van der Waals surface area contributed by atoms with E-state index in [4.69, 9.17) is 9.84 Å². The Hall–Kier alpha value is -0.380. The normalized spacial score (nSPS) is 8.27. The van der Waals surface area contributed by atoms with Crippen molar-refractivity contribution in [2.75, 3.05) is 33.5 Å². The number of allylic oxidation sites excluding steroid dienone is 1. The number of aliphatic hydroxyl groups is 1. The molecule has 0 aromatic rings. The lowest BCUT2D eigenvalue weighted by Gasteiger charge is -1.98. The van der Waals surface area contributed by atoms with Gasteiger partial charge in [0.05, 0.1) is 26.4 Å². The summed E-state index contributed by atoms with van der Waals surface area (Å²) < 4.78 is 9.53. The van der Waals surface area contributed by atoms with E-state index in [0.717, 1.165) is 0 Å². The number of methoxy groups -OCH3 is 1. The van der Waals surface area contributed by atoms with Gasteiger partial charge in [-0.15, -0.1) is 6.58 Å². The van der Waals surface area contributed by atoms with Crippen molar-refractivity contribution in [2.24, 2.45) is 0 Å². The molecule has 1 N–H and O–H groups in total. The summed E-state index contributed by atoms with van der Waals surface area (Å²) in [6.45, 7) is 6.91. The first-order valence-electron chi connectivity index (χ1n) is 3.58. The molecular weight excluding hydrogens is 144 g/mol. The highest BCUT2D eigenvalue weighted by molar-refractivity contribution is 4.51. The fourth-order valence-corrected chi connectivity index (χ4v) is 0.309. The summed E-state index contributed by atoms with van der Waals surface area (Å²) in [6, 6.07) is 0. The average molecular weight is 162 g/mol. The van der Waals surface area contributed by atoms with Crippen molar-refractivity contribution < 1.29 is 14.6 Å². The molecule has 0 fully saturated rings. The van der Waals surface area contributed by atoms with Crippen molar-refractivity contribution in [1.29, 1.82) is 0 Å². The van der Waals surface area contributed by atoms with E-state index in [1.54, 1.807) is 13.2 Å². The van der Waals surface area contributed by atoms with Crippen LogP contribution in [0.2, 0.25) is 0 Å². The average Bonchev–Trinajstić information content (AvgIpc) is 2.00. The van der Waals surface area contributed by atoms with E-state index in [9.17, 15) is 0 Å². The summed E-state index contributed by atoms with van der Waals surface area (Å²) >= 11 is 0. The van der Waals surface area contributed by atoms with Crippen LogP contribution in [-0.4, -0.2) is 38.6 Å². The summed E-state index contributed by atoms with van der Waals surface area (Å²) in [6.07, 6.45) is 1.75. The summed E-state index contributed by atoms with van der Waals surface area (Å²) in [5, 5.41) is 8.20. The van der Waals surface area contributed by atoms with Crippen LogP contribution >= 0.6 is 0 Å². The first kappa shape index (κ1) is 13.2. The van der Waals surface area contributed by atoms with Crippen molar-refractivity contribution in [1.82, 2.24) is 0 Å². The zero-order valence-corrected chi connectivity index (χ0v) is 7.38. The molecule has 68 valence electrons. The Kier molecular flexibility index (Phi) is 19.6. The molecule has 0 spiro atoms. The van der Waals surface area contributed by atoms with Crippen LogP contribution in [0.5, 0.6) is 0 Å². The van der Waals surface area contributed by atoms with Crippen molar-refractivity contribution in [3.8, 4) is 0 Å². The van der Waals surface area contributed by atoms with Crippen LogP contribution in [0.3, 0.4) is 0 Å². The smallest absolute Gasteiger partial charge is 0.0701 e. The van der Waals surface area contributed by atoms with Crippen molar-refractivity contribution >= 4 is 0 Å². The number of hydrogen-bond donors (Lipinski definition) is 1. The van der Waals surface area contributed by atoms with Gasteiger partial charge in [0.1, 0.15) is 0 Å². The third-order valence-electron chi connectivity index (χ3n) is 0.667. The van der Waals surface area contributed by atoms with Gasteiger partial charge >= 0.3 is 0 Å². The third kappa shape index (κ3) is 26.2. The van der Waals surface area contributed by atoms with E-state index in [2.05, 4.69) is 11.3 Å². The largest absolute Gasteiger partial charge is 0.394 e. The molecule has 0 aliphatic carbocycles. The maximum atomic E-state index is 8.20. The lowest BCUT2D eigenvalue weighted by molar-refractivity contribution is 0.0500. The molecule has 0 aliphatic heterocycles. The van der Waals surface area contributed by atoms with Gasteiger partial charge in [0, 0.05) is 7.11 Å². The maximum Gasteiger partial charge on any atom is 0.0701 e. The van der Waals surface area contributed by atoms with E-state index in [1.807, 2.05) is 6.92 Å². The van der Waals surface area contributed by atoms with Crippen LogP contribution in [0.1, 0.15) is 6.92 Å². The second kappa shape index (κ2) is 16.3. The second-order valence-corrected chi connectivity index (χ2v) is 1.74. The Balaban J connectivity index is 0. The molecule has 0 rings (SSSR count). The molecule has 3 heteroatoms. The molecular formula is C8H18O3. The van der Waals surface area contributed by atoms with Gasteiger partial charge in [-0.2, -0.15) is 0 Å². The van der Waals surface area contributed by atoms with Crippen molar-refractivity contribution in [3.63, 3.8) is 0 Å². The van der Waals surface area contributed by atoms with Crippen LogP contribution in [0.25, 0.3) is 0 Å². The predicted molar refractivity (Wildman–Crippen MR) is 45.7 cm³/mol. The van der Waals surface area contributed by atoms with Crippen LogP contribution in [0.15, 0.2) is 12.7 Å². The Bertz CT molecular complexity index is 58.4. The maximum absolute atomic E-state index is 8.20. The number of ether oxygens (including phenoxy) is 2. The van der Waals surface area contributed by atoms with Crippen LogP contribution < -0.4 is 0 Å². The van der Waals surface area contributed by atoms with Crippen LogP contribution in [0.4, 0.5) is 0 Å². The van der Waals surface area contributed by atoms with Crippen LogP contribution in [-0.2, 0) is 9.47 Å². The van der Waals surface area contributed by atoms with Gasteiger partial charge < -0.3 is 14.6 Å². The molecule has 0 unspecified atom stereocenters. The number of rotatable bonds is 5. The summed E-state index contributed by atoms with van der Waals surface area (Å²) in [5.41, 5.74) is 0. The van der Waals surface area contributed by atoms with Gasteiger partial charge in [-0.05, 0) is 6.92 Å². The first-order chi connectivity index (χ1) is 5.33. The molecule has 0 heterocycles. The Labute approximate surface area is 68.6 Å². The summed E-state index contributed by atoms with van der Waals surface area (Å²) in [4.78, 5) is 0. The van der Waals surface area contributed by atoms with Gasteiger partial charge in [0.2, 0.25) is 0 Å². The van der Waals surface area contributed by atoms with Crippen molar-refractivity contribution in [3.05, 3.63) is 12.7 Å². The molecule has 0 amide bonds. The lowest BCUT2D eigenvalue weighted by atomic mass is 10.7. The monoisotopic (exact) mass is 162 g/mol. The SMILES string of the molecule is C=CC.COCCOCCO. The molecule has 0 saturated carbocycles. The van der Waals surface area contributed by atoms with E-state index in [0.29, 0.717) is 19.8 Å². The van der Waals surface area contributed by atoms with E-state index in [-0.39, 0.29) is 6.61 Å². The van der Waals surface area contributed by atoms with Gasteiger partial charge in [0.25, 0.3) is 0 Å². The van der Waals surface area contributed by atoms with E-state index in [1.165, 1.54) is 0 Å². The minimum Gasteiger partial charge on any atom is -0.394 e. The molecule has 11 heavy (non-hydrogen) atoms. The number of hydrogen-bond acceptors (Lipinski definition) is 3. The fourth-order valence-electron chi connectivity index (χ4n) is 0.309. The Morgan fingerprint density at radius 1 is 1.36 bits per heavy atom. The zero-order valence-electron chi connectivity index (χ0n) is 7.38. The molecule has 0 aliphatic rings. The third-order valence-corrected chi connectivity index (χ3v) is 0.667. The van der Waals surface area contributed by atoms with E-state index >= 15 is 0 Å². The Morgan fingerprint density at radius 2 is 1.91 bits per heavy atom. The minimum atomic E-state index is 0.0870. The first-order valence-corrected chi connectivity index (χ1v) is 3.58. The molecule has 0 aromatic heterocycles. The second-order valence-electron chi connectivity index (χ2n) is 1.74. The number of aliphatic hydroxyl groups excluding tert-OH is 1. The predicted octanol–water partition coefficient (Wildman–Crippen LogP) is 0.834. The van der Waals surface area contributed by atoms with Gasteiger partial charge in [-0.1, -0.05) is 6.08 Å². The molecule has 0 saturated heterocycles. The molecule has 0 bridgehead atoms. The molecule has 0 radical (unpaired) electrons. The minimum absolute atomic E-state index is 0.0870. The highest BCUT2D eigenvalue weighted by Gasteiger charge is 1.82. The summed E-state index contributed by atoms with van der Waals surface area (Å²) in [7, 11) is 1.61. The topological polar surface area (TPSA) is 38.7 Å². The summed E-state index contributed by atoms with van der Waals surface area (Å²) in [5.74, 6) is 0. The molecule has 3 nitrogen and oxygen atoms in total. The highest BCUT2D eigenvalue weighted by Crippen LogP contribution is 1.72. The van der Waals surface area contributed by atoms with Gasteiger partial charge in [-0.25, -0.2) is 0 Å². The Morgan fingerprint density at radius 3 is 2.27 bits per heavy atom. The van der Waals surface area contributed by atoms with Crippen LogP contribution in [0, 0.1) is 0 Å². The molecule has 0 atom stereocenters. The van der Waals surface area contributed by atoms with Crippen molar-refractivity contribution in [2.45, 2.75) is 6.92 Å². The van der Waals surface area contributed by atoms with Gasteiger partial charge in [0.15, 0.2) is 0 Å². The van der Waals surface area contributed by atoms with E-state index < -0.39 is 0 Å². The molecule has 0 aromatic carbocycles. The standard InChI is InChI=1S/C5H12O3.C3H6/c1-7-4-5-8-3-2-6;1-3-2/h6H,2-5H2,1H3;3H,1H2,2H3. The highest BCUT2D eigenvalue weighted by atomic mass is 16.5. The van der Waals surface area contributed by atoms with Gasteiger partial charge in [-0.3, -0.25) is 0 Å². The fraction of sp³-hybridized carbons (Fsp3) is 0.750.